The molecule has 0 radical (unpaired) electrons. The third kappa shape index (κ3) is 6.92. The Hall–Kier alpha value is -4.23. The molecular formula is C30H28N2O4S. The molecule has 0 saturated carbocycles. The van der Waals surface area contributed by atoms with Crippen molar-refractivity contribution in [3.63, 3.8) is 0 Å². The number of rotatable bonds is 9. The Balaban J connectivity index is 1.50. The van der Waals surface area contributed by atoms with Gasteiger partial charge in [-0.05, 0) is 48.9 Å². The zero-order valence-electron chi connectivity index (χ0n) is 20.9. The average molecular weight is 513 g/mol. The summed E-state index contributed by atoms with van der Waals surface area (Å²) in [4.78, 5) is 26.9. The van der Waals surface area contributed by atoms with Gasteiger partial charge in [-0.3, -0.25) is 9.59 Å². The SMILES string of the molecule is COc1cc(NC(=O)C(Sc2ccc(NC(=O)c3ccc(C)cc3)cc2)c2ccccc2)cc(OC)c1. The molecule has 0 fully saturated rings. The number of amides is 2. The maximum atomic E-state index is 13.4. The Bertz CT molecular complexity index is 1330. The lowest BCUT2D eigenvalue weighted by molar-refractivity contribution is -0.115. The summed E-state index contributed by atoms with van der Waals surface area (Å²) in [6.07, 6.45) is 0. The summed E-state index contributed by atoms with van der Waals surface area (Å²) in [6, 6.07) is 29.7. The van der Waals surface area contributed by atoms with Gasteiger partial charge in [0.1, 0.15) is 16.7 Å². The van der Waals surface area contributed by atoms with Crippen molar-refractivity contribution in [1.29, 1.82) is 0 Å². The van der Waals surface area contributed by atoms with Gasteiger partial charge in [0.25, 0.3) is 5.91 Å². The zero-order valence-corrected chi connectivity index (χ0v) is 21.7. The maximum Gasteiger partial charge on any atom is 0.255 e. The van der Waals surface area contributed by atoms with Crippen molar-refractivity contribution in [3.8, 4) is 11.5 Å². The molecule has 2 N–H and O–H groups in total. The van der Waals surface area contributed by atoms with E-state index in [1.165, 1.54) is 11.8 Å². The number of aryl methyl sites for hydroxylation is 1. The van der Waals surface area contributed by atoms with Crippen molar-refractivity contribution in [2.45, 2.75) is 17.1 Å². The third-order valence-electron chi connectivity index (χ3n) is 5.64. The number of ether oxygens (including phenoxy) is 2. The molecule has 0 aliphatic heterocycles. The Kier molecular flexibility index (Phi) is 8.48. The lowest BCUT2D eigenvalue weighted by atomic mass is 10.1. The van der Waals surface area contributed by atoms with E-state index < -0.39 is 5.25 Å². The van der Waals surface area contributed by atoms with Crippen LogP contribution in [-0.4, -0.2) is 26.0 Å². The van der Waals surface area contributed by atoms with Gasteiger partial charge in [-0.2, -0.15) is 0 Å². The summed E-state index contributed by atoms with van der Waals surface area (Å²) in [5.74, 6) is 0.822. The highest BCUT2D eigenvalue weighted by molar-refractivity contribution is 8.00. The quantitative estimate of drug-likeness (QED) is 0.243. The van der Waals surface area contributed by atoms with E-state index in [0.717, 1.165) is 16.0 Å². The van der Waals surface area contributed by atoms with Gasteiger partial charge in [0.05, 0.1) is 14.2 Å². The van der Waals surface area contributed by atoms with E-state index in [2.05, 4.69) is 10.6 Å². The Morgan fingerprint density at radius 1 is 0.730 bits per heavy atom. The molecule has 0 aliphatic rings. The molecule has 1 unspecified atom stereocenters. The minimum Gasteiger partial charge on any atom is -0.497 e. The predicted molar refractivity (Wildman–Crippen MR) is 149 cm³/mol. The highest BCUT2D eigenvalue weighted by Gasteiger charge is 2.23. The molecule has 1 atom stereocenters. The number of methoxy groups -OCH3 is 2. The highest BCUT2D eigenvalue weighted by atomic mass is 32.2. The first kappa shape index (κ1) is 25.9. The molecule has 0 bridgehead atoms. The smallest absolute Gasteiger partial charge is 0.255 e. The van der Waals surface area contributed by atoms with Crippen LogP contribution in [0.2, 0.25) is 0 Å². The van der Waals surface area contributed by atoms with Crippen molar-refractivity contribution < 1.29 is 19.1 Å². The van der Waals surface area contributed by atoms with Gasteiger partial charge < -0.3 is 20.1 Å². The fourth-order valence-electron chi connectivity index (χ4n) is 3.65. The molecule has 0 spiro atoms. The van der Waals surface area contributed by atoms with E-state index >= 15 is 0 Å². The summed E-state index contributed by atoms with van der Waals surface area (Å²) in [7, 11) is 3.13. The lowest BCUT2D eigenvalue weighted by Gasteiger charge is -2.18. The molecule has 4 aromatic carbocycles. The van der Waals surface area contributed by atoms with Crippen LogP contribution in [0.3, 0.4) is 0 Å². The maximum absolute atomic E-state index is 13.4. The number of nitrogens with one attached hydrogen (secondary N) is 2. The lowest BCUT2D eigenvalue weighted by Crippen LogP contribution is -2.19. The fourth-order valence-corrected chi connectivity index (χ4v) is 4.67. The van der Waals surface area contributed by atoms with Gasteiger partial charge in [-0.25, -0.2) is 0 Å². The van der Waals surface area contributed by atoms with Crippen LogP contribution < -0.4 is 20.1 Å². The van der Waals surface area contributed by atoms with Crippen molar-refractivity contribution >= 4 is 35.0 Å². The van der Waals surface area contributed by atoms with Crippen molar-refractivity contribution in [2.24, 2.45) is 0 Å². The van der Waals surface area contributed by atoms with Crippen LogP contribution in [0, 0.1) is 6.92 Å². The van der Waals surface area contributed by atoms with Gasteiger partial charge in [-0.1, -0.05) is 48.0 Å². The van der Waals surface area contributed by atoms with Crippen molar-refractivity contribution in [3.05, 3.63) is 114 Å². The van der Waals surface area contributed by atoms with E-state index in [-0.39, 0.29) is 11.8 Å². The van der Waals surface area contributed by atoms with Gasteiger partial charge in [-0.15, -0.1) is 11.8 Å². The van der Waals surface area contributed by atoms with Gasteiger partial charge in [0, 0.05) is 40.0 Å². The molecule has 0 aliphatic carbocycles. The number of benzene rings is 4. The minimum absolute atomic E-state index is 0.171. The Labute approximate surface area is 221 Å². The fraction of sp³-hybridized carbons (Fsp3) is 0.133. The van der Waals surface area contributed by atoms with E-state index in [4.69, 9.17) is 9.47 Å². The number of carbonyl (C=O) groups excluding carboxylic acids is 2. The predicted octanol–water partition coefficient (Wildman–Crippen LogP) is 6.74. The Morgan fingerprint density at radius 3 is 1.95 bits per heavy atom. The van der Waals surface area contributed by atoms with E-state index in [1.807, 2.05) is 73.7 Å². The Morgan fingerprint density at radius 2 is 1.35 bits per heavy atom. The summed E-state index contributed by atoms with van der Waals surface area (Å²) >= 11 is 1.43. The molecule has 2 amide bonds. The van der Waals surface area contributed by atoms with Crippen molar-refractivity contribution in [2.75, 3.05) is 24.9 Å². The number of carbonyl (C=O) groups is 2. The van der Waals surface area contributed by atoms with Crippen LogP contribution in [0.4, 0.5) is 11.4 Å². The zero-order chi connectivity index (χ0) is 26.2. The van der Waals surface area contributed by atoms with Crippen LogP contribution >= 0.6 is 11.8 Å². The normalized spacial score (nSPS) is 11.3. The van der Waals surface area contributed by atoms with Crippen LogP contribution in [0.15, 0.2) is 102 Å². The first-order valence-electron chi connectivity index (χ1n) is 11.7. The van der Waals surface area contributed by atoms with Crippen LogP contribution in [-0.2, 0) is 4.79 Å². The molecular weight excluding hydrogens is 484 g/mol. The molecule has 188 valence electrons. The van der Waals surface area contributed by atoms with Crippen molar-refractivity contribution in [1.82, 2.24) is 0 Å². The van der Waals surface area contributed by atoms with Crippen LogP contribution in [0.1, 0.15) is 26.7 Å². The standard InChI is InChI=1S/C30H28N2O4S/c1-20-9-11-22(12-10-20)29(33)31-23-13-15-27(16-14-23)37-28(21-7-5-4-6-8-21)30(34)32-24-17-25(35-2)19-26(18-24)36-3/h4-19,28H,1-3H3,(H,31,33)(H,32,34). The first-order valence-corrected chi connectivity index (χ1v) is 12.6. The number of hydrogen-bond donors (Lipinski definition) is 2. The molecule has 7 heteroatoms. The first-order chi connectivity index (χ1) is 17.9. The second kappa shape index (κ2) is 12.1. The van der Waals surface area contributed by atoms with E-state index in [0.29, 0.717) is 28.4 Å². The summed E-state index contributed by atoms with van der Waals surface area (Å²) in [5.41, 5.74) is 3.83. The molecule has 4 rings (SSSR count). The second-order valence-electron chi connectivity index (χ2n) is 8.34. The van der Waals surface area contributed by atoms with E-state index in [9.17, 15) is 9.59 Å². The average Bonchev–Trinajstić information content (AvgIpc) is 2.93. The van der Waals surface area contributed by atoms with E-state index in [1.54, 1.807) is 44.6 Å². The monoisotopic (exact) mass is 512 g/mol. The van der Waals surface area contributed by atoms with Gasteiger partial charge in [0.2, 0.25) is 5.91 Å². The van der Waals surface area contributed by atoms with Gasteiger partial charge >= 0.3 is 0 Å². The number of thioether (sulfide) groups is 1. The summed E-state index contributed by atoms with van der Waals surface area (Å²) in [6.45, 7) is 1.98. The molecule has 4 aromatic rings. The molecule has 0 saturated heterocycles. The summed E-state index contributed by atoms with van der Waals surface area (Å²) in [5, 5.41) is 5.40. The summed E-state index contributed by atoms with van der Waals surface area (Å²) < 4.78 is 10.7. The van der Waals surface area contributed by atoms with Crippen LogP contribution in [0.5, 0.6) is 11.5 Å². The minimum atomic E-state index is -0.508. The topological polar surface area (TPSA) is 76.7 Å². The molecule has 0 heterocycles. The molecule has 6 nitrogen and oxygen atoms in total. The number of anilines is 2. The highest BCUT2D eigenvalue weighted by Crippen LogP contribution is 2.37. The molecule has 37 heavy (non-hydrogen) atoms. The van der Waals surface area contributed by atoms with Crippen LogP contribution in [0.25, 0.3) is 0 Å². The third-order valence-corrected chi connectivity index (χ3v) is 6.91. The van der Waals surface area contributed by atoms with Gasteiger partial charge in [0.15, 0.2) is 0 Å². The number of hydrogen-bond acceptors (Lipinski definition) is 5. The molecule has 0 aromatic heterocycles. The largest absolute Gasteiger partial charge is 0.497 e. The second-order valence-corrected chi connectivity index (χ2v) is 9.52.